The lowest BCUT2D eigenvalue weighted by molar-refractivity contribution is -0.121. The van der Waals surface area contributed by atoms with Crippen LogP contribution in [0.4, 0.5) is 5.69 Å². The molecule has 1 amide bonds. The van der Waals surface area contributed by atoms with Crippen LogP contribution in [0.3, 0.4) is 0 Å². The van der Waals surface area contributed by atoms with E-state index in [0.29, 0.717) is 42.5 Å². The van der Waals surface area contributed by atoms with Gasteiger partial charge in [-0.3, -0.25) is 4.79 Å². The predicted octanol–water partition coefficient (Wildman–Crippen LogP) is 4.10. The van der Waals surface area contributed by atoms with Crippen molar-refractivity contribution in [2.45, 2.75) is 6.54 Å². The summed E-state index contributed by atoms with van der Waals surface area (Å²) in [6.45, 7) is 0.904. The highest BCUT2D eigenvalue weighted by Gasteiger charge is 2.22. The molecular formula is C25H21N3O5S. The number of benzene rings is 2. The molecule has 0 fully saturated rings. The van der Waals surface area contributed by atoms with Gasteiger partial charge in [-0.15, -0.1) is 11.3 Å². The van der Waals surface area contributed by atoms with Crippen LogP contribution in [0.5, 0.6) is 11.5 Å². The molecule has 0 atom stereocenters. The number of carbonyl (C=O) groups is 2. The lowest BCUT2D eigenvalue weighted by Gasteiger charge is -2.25. The van der Waals surface area contributed by atoms with E-state index in [1.807, 2.05) is 29.8 Å². The van der Waals surface area contributed by atoms with Crippen molar-refractivity contribution < 1.29 is 23.8 Å². The second-order valence-corrected chi connectivity index (χ2v) is 8.49. The number of esters is 1. The highest BCUT2D eigenvalue weighted by Crippen LogP contribution is 2.34. The summed E-state index contributed by atoms with van der Waals surface area (Å²) in [6.07, 6.45) is 3.49. The third-order valence-electron chi connectivity index (χ3n) is 5.23. The summed E-state index contributed by atoms with van der Waals surface area (Å²) in [4.78, 5) is 28.3. The van der Waals surface area contributed by atoms with E-state index in [9.17, 15) is 9.59 Å². The highest BCUT2D eigenvalue weighted by molar-refractivity contribution is 7.09. The van der Waals surface area contributed by atoms with Crippen LogP contribution in [0, 0.1) is 0 Å². The molecule has 0 saturated carbocycles. The minimum Gasteiger partial charge on any atom is -0.486 e. The minimum absolute atomic E-state index is 0.341. The molecule has 3 heterocycles. The van der Waals surface area contributed by atoms with Crippen molar-refractivity contribution in [2.24, 2.45) is 0 Å². The fourth-order valence-corrected chi connectivity index (χ4v) is 4.23. The summed E-state index contributed by atoms with van der Waals surface area (Å²) in [5.74, 6) is 0.315. The quantitative estimate of drug-likeness (QED) is 0.375. The van der Waals surface area contributed by atoms with E-state index >= 15 is 0 Å². The summed E-state index contributed by atoms with van der Waals surface area (Å²) in [7, 11) is 0. The van der Waals surface area contributed by atoms with Crippen LogP contribution in [0.25, 0.3) is 5.69 Å². The minimum atomic E-state index is -0.571. The molecule has 1 aliphatic heterocycles. The maximum Gasteiger partial charge on any atom is 0.338 e. The number of aromatic nitrogens is 2. The maximum atomic E-state index is 13.2. The van der Waals surface area contributed by atoms with Gasteiger partial charge in [0, 0.05) is 29.0 Å². The van der Waals surface area contributed by atoms with E-state index < -0.39 is 5.97 Å². The number of ether oxygens (including phenoxy) is 3. The van der Waals surface area contributed by atoms with Crippen LogP contribution in [-0.2, 0) is 16.1 Å². The third-order valence-corrected chi connectivity index (χ3v) is 6.09. The Kier molecular flexibility index (Phi) is 6.26. The van der Waals surface area contributed by atoms with Gasteiger partial charge in [0.05, 0.1) is 17.8 Å². The van der Waals surface area contributed by atoms with Crippen LogP contribution < -0.4 is 14.4 Å². The Balaban J connectivity index is 1.29. The summed E-state index contributed by atoms with van der Waals surface area (Å²) in [5.41, 5.74) is 1.81. The van der Waals surface area contributed by atoms with Crippen molar-refractivity contribution in [1.82, 2.24) is 9.78 Å². The first-order valence-corrected chi connectivity index (χ1v) is 11.5. The zero-order valence-electron chi connectivity index (χ0n) is 18.1. The topological polar surface area (TPSA) is 82.9 Å². The number of hydrogen-bond donors (Lipinski definition) is 0. The van der Waals surface area contributed by atoms with E-state index in [1.165, 1.54) is 0 Å². The molecule has 1 aliphatic rings. The van der Waals surface area contributed by atoms with E-state index in [2.05, 4.69) is 5.10 Å². The van der Waals surface area contributed by atoms with E-state index in [0.717, 1.165) is 10.6 Å². The molecule has 5 rings (SSSR count). The van der Waals surface area contributed by atoms with Crippen LogP contribution in [-0.4, -0.2) is 41.5 Å². The predicted molar refractivity (Wildman–Crippen MR) is 127 cm³/mol. The number of thiophene rings is 1. The van der Waals surface area contributed by atoms with Gasteiger partial charge in [0.15, 0.2) is 18.1 Å². The smallest absolute Gasteiger partial charge is 0.338 e. The Bertz CT molecular complexity index is 1270. The summed E-state index contributed by atoms with van der Waals surface area (Å²) in [5, 5.41) is 6.11. The first-order chi connectivity index (χ1) is 16.7. The molecule has 34 heavy (non-hydrogen) atoms. The monoisotopic (exact) mass is 475 g/mol. The van der Waals surface area contributed by atoms with Crippen molar-refractivity contribution in [3.05, 3.63) is 88.9 Å². The van der Waals surface area contributed by atoms with E-state index in [-0.39, 0.29) is 12.5 Å². The second-order valence-electron chi connectivity index (χ2n) is 7.46. The van der Waals surface area contributed by atoms with Gasteiger partial charge in [-0.1, -0.05) is 6.07 Å². The summed E-state index contributed by atoms with van der Waals surface area (Å²) < 4.78 is 18.3. The molecule has 0 N–H and O–H groups in total. The Hall–Kier alpha value is -4.11. The van der Waals surface area contributed by atoms with Crippen LogP contribution >= 0.6 is 11.3 Å². The molecule has 2 aromatic heterocycles. The molecule has 0 radical (unpaired) electrons. The Morgan fingerprint density at radius 2 is 1.85 bits per heavy atom. The van der Waals surface area contributed by atoms with Crippen molar-refractivity contribution in [2.75, 3.05) is 24.7 Å². The van der Waals surface area contributed by atoms with Crippen LogP contribution in [0.1, 0.15) is 15.2 Å². The first kappa shape index (κ1) is 21.7. The summed E-state index contributed by atoms with van der Waals surface area (Å²) in [6, 6.07) is 17.9. The average molecular weight is 476 g/mol. The average Bonchev–Trinajstić information content (AvgIpc) is 3.60. The number of rotatable bonds is 7. The molecule has 172 valence electrons. The molecular weight excluding hydrogens is 454 g/mol. The van der Waals surface area contributed by atoms with Gasteiger partial charge in [-0.25, -0.2) is 9.48 Å². The molecule has 0 aliphatic carbocycles. The molecule has 9 heteroatoms. The largest absolute Gasteiger partial charge is 0.486 e. The van der Waals surface area contributed by atoms with Gasteiger partial charge in [-0.05, 0) is 53.9 Å². The molecule has 0 spiro atoms. The van der Waals surface area contributed by atoms with Crippen molar-refractivity contribution in [3.8, 4) is 17.2 Å². The Labute approximate surface area is 199 Å². The molecule has 2 aromatic carbocycles. The number of fused-ring (bicyclic) bond motifs is 1. The van der Waals surface area contributed by atoms with Crippen LogP contribution in [0.2, 0.25) is 0 Å². The third kappa shape index (κ3) is 4.79. The van der Waals surface area contributed by atoms with Crippen molar-refractivity contribution >= 4 is 28.9 Å². The molecule has 0 unspecified atom stereocenters. The first-order valence-electron chi connectivity index (χ1n) is 10.7. The molecule has 8 nitrogen and oxygen atoms in total. The van der Waals surface area contributed by atoms with Crippen molar-refractivity contribution in [3.63, 3.8) is 0 Å². The lowest BCUT2D eigenvalue weighted by Crippen LogP contribution is -2.34. The van der Waals surface area contributed by atoms with E-state index in [4.69, 9.17) is 14.2 Å². The number of nitrogens with zero attached hydrogens (tertiary/aromatic N) is 3. The SMILES string of the molecule is O=C(OCC(=O)N(Cc1cccs1)c1ccc2c(c1)OCCO2)c1ccc(-n2cccn2)cc1. The van der Waals surface area contributed by atoms with Crippen LogP contribution in [0.15, 0.2) is 78.4 Å². The lowest BCUT2D eigenvalue weighted by atomic mass is 10.2. The van der Waals surface area contributed by atoms with Gasteiger partial charge in [0.2, 0.25) is 0 Å². The molecule has 4 aromatic rings. The van der Waals surface area contributed by atoms with Gasteiger partial charge in [0.25, 0.3) is 5.91 Å². The van der Waals surface area contributed by atoms with Gasteiger partial charge in [0.1, 0.15) is 13.2 Å². The standard InChI is InChI=1S/C25H21N3O5S/c29-24(17-33-25(30)18-4-6-19(7-5-18)28-11-2-10-26-28)27(16-21-3-1-14-34-21)20-8-9-22-23(15-20)32-13-12-31-22/h1-11,14-15H,12-13,16-17H2. The number of amides is 1. The number of carbonyl (C=O) groups excluding carboxylic acids is 2. The number of hydrogen-bond acceptors (Lipinski definition) is 7. The summed E-state index contributed by atoms with van der Waals surface area (Å²) >= 11 is 1.55. The van der Waals surface area contributed by atoms with E-state index in [1.54, 1.807) is 69.6 Å². The van der Waals surface area contributed by atoms with Gasteiger partial charge in [-0.2, -0.15) is 5.10 Å². The fourth-order valence-electron chi connectivity index (χ4n) is 3.54. The molecule has 0 bridgehead atoms. The van der Waals surface area contributed by atoms with Gasteiger partial charge < -0.3 is 19.1 Å². The highest BCUT2D eigenvalue weighted by atomic mass is 32.1. The van der Waals surface area contributed by atoms with Gasteiger partial charge >= 0.3 is 5.97 Å². The zero-order chi connectivity index (χ0) is 23.3. The zero-order valence-corrected chi connectivity index (χ0v) is 18.9. The fraction of sp³-hybridized carbons (Fsp3) is 0.160. The Morgan fingerprint density at radius 1 is 1.03 bits per heavy atom. The molecule has 0 saturated heterocycles. The second kappa shape index (κ2) is 9.80. The maximum absolute atomic E-state index is 13.2. The van der Waals surface area contributed by atoms with Crippen molar-refractivity contribution in [1.29, 1.82) is 0 Å². The normalized spacial score (nSPS) is 12.2. The number of anilines is 1. The Morgan fingerprint density at radius 3 is 2.59 bits per heavy atom.